The molecular formula is C9H18N2O3S2. The number of hydrogen-bond acceptors (Lipinski definition) is 4. The van der Waals surface area contributed by atoms with Crippen molar-refractivity contribution in [2.75, 3.05) is 19.7 Å². The molecule has 1 unspecified atom stereocenters. The fraction of sp³-hybridized carbons (Fsp3) is 0.889. The topological polar surface area (TPSA) is 72.6 Å². The molecular weight excluding hydrogens is 248 g/mol. The molecule has 0 aromatic rings. The minimum atomic E-state index is -3.45. The zero-order chi connectivity index (χ0) is 12.6. The predicted molar refractivity (Wildman–Crippen MR) is 66.8 cm³/mol. The maximum absolute atomic E-state index is 12.1. The van der Waals surface area contributed by atoms with E-state index in [0.717, 1.165) is 0 Å². The number of morpholine rings is 1. The number of rotatable bonds is 3. The molecule has 1 heterocycles. The molecule has 1 atom stereocenters. The van der Waals surface area contributed by atoms with E-state index in [0.29, 0.717) is 19.7 Å². The molecule has 5 nitrogen and oxygen atoms in total. The Morgan fingerprint density at radius 3 is 2.56 bits per heavy atom. The van der Waals surface area contributed by atoms with Crippen LogP contribution in [0.15, 0.2) is 0 Å². The fourth-order valence-corrected chi connectivity index (χ4v) is 3.49. The normalized spacial score (nSPS) is 23.9. The van der Waals surface area contributed by atoms with Gasteiger partial charge in [0.15, 0.2) is 0 Å². The first kappa shape index (κ1) is 13.8. The molecule has 94 valence electrons. The quantitative estimate of drug-likeness (QED) is 0.734. The Kier molecular flexibility index (Phi) is 3.94. The summed E-state index contributed by atoms with van der Waals surface area (Å²) < 4.78 is 31.1. The van der Waals surface area contributed by atoms with Gasteiger partial charge in [0, 0.05) is 13.1 Å². The Morgan fingerprint density at radius 1 is 1.56 bits per heavy atom. The van der Waals surface area contributed by atoms with Crippen LogP contribution in [0, 0.1) is 0 Å². The lowest BCUT2D eigenvalue weighted by atomic mass is 10.1. The van der Waals surface area contributed by atoms with E-state index >= 15 is 0 Å². The van der Waals surface area contributed by atoms with E-state index in [4.69, 9.17) is 22.7 Å². The average Bonchev–Trinajstić information content (AvgIpc) is 2.14. The summed E-state index contributed by atoms with van der Waals surface area (Å²) in [6.07, 6.45) is 0. The van der Waals surface area contributed by atoms with Crippen LogP contribution in [-0.2, 0) is 14.8 Å². The lowest BCUT2D eigenvalue weighted by molar-refractivity contribution is -0.0640. The molecule has 0 aromatic carbocycles. The molecule has 2 N–H and O–H groups in total. The van der Waals surface area contributed by atoms with Gasteiger partial charge in [0.1, 0.15) is 5.25 Å². The van der Waals surface area contributed by atoms with E-state index in [2.05, 4.69) is 0 Å². The van der Waals surface area contributed by atoms with Gasteiger partial charge in [-0.25, -0.2) is 8.42 Å². The van der Waals surface area contributed by atoms with Crippen LogP contribution in [0.1, 0.15) is 20.8 Å². The second kappa shape index (κ2) is 4.56. The SMILES string of the molecule is CC(C(N)=S)S(=O)(=O)N1CCOC(C)(C)C1. The molecule has 1 saturated heterocycles. The van der Waals surface area contributed by atoms with E-state index < -0.39 is 20.9 Å². The van der Waals surface area contributed by atoms with Crippen LogP contribution in [0.25, 0.3) is 0 Å². The van der Waals surface area contributed by atoms with Gasteiger partial charge >= 0.3 is 0 Å². The lowest BCUT2D eigenvalue weighted by Crippen LogP contribution is -2.53. The van der Waals surface area contributed by atoms with E-state index in [-0.39, 0.29) is 4.99 Å². The standard InChI is InChI=1S/C9H18N2O3S2/c1-7(8(10)15)16(12,13)11-4-5-14-9(2,3)6-11/h7H,4-6H2,1-3H3,(H2,10,15). The number of nitrogens with zero attached hydrogens (tertiary/aromatic N) is 1. The Labute approximate surface area is 102 Å². The zero-order valence-electron chi connectivity index (χ0n) is 9.76. The van der Waals surface area contributed by atoms with E-state index in [1.54, 1.807) is 0 Å². The molecule has 0 bridgehead atoms. The number of thiocarbonyl (C=S) groups is 1. The Bertz CT molecular complexity index is 378. The summed E-state index contributed by atoms with van der Waals surface area (Å²) in [6, 6.07) is 0. The largest absolute Gasteiger partial charge is 0.392 e. The first-order valence-corrected chi connectivity index (χ1v) is 7.00. The molecule has 0 aromatic heterocycles. The molecule has 0 radical (unpaired) electrons. The van der Waals surface area contributed by atoms with E-state index in [1.165, 1.54) is 11.2 Å². The maximum atomic E-state index is 12.1. The van der Waals surface area contributed by atoms with Crippen molar-refractivity contribution in [2.45, 2.75) is 31.6 Å². The van der Waals surface area contributed by atoms with Crippen LogP contribution >= 0.6 is 12.2 Å². The maximum Gasteiger partial charge on any atom is 0.223 e. The summed E-state index contributed by atoms with van der Waals surface area (Å²) in [5.41, 5.74) is 4.93. The average molecular weight is 266 g/mol. The van der Waals surface area contributed by atoms with Crippen molar-refractivity contribution in [2.24, 2.45) is 5.73 Å². The lowest BCUT2D eigenvalue weighted by Gasteiger charge is -2.38. The number of ether oxygens (including phenoxy) is 1. The van der Waals surface area contributed by atoms with E-state index in [9.17, 15) is 8.42 Å². The zero-order valence-corrected chi connectivity index (χ0v) is 11.4. The summed E-state index contributed by atoms with van der Waals surface area (Å²) in [6.45, 7) is 6.33. The highest BCUT2D eigenvalue weighted by atomic mass is 32.2. The van der Waals surface area contributed by atoms with Gasteiger partial charge in [0.2, 0.25) is 10.0 Å². The van der Waals surface area contributed by atoms with Crippen molar-refractivity contribution in [3.63, 3.8) is 0 Å². The summed E-state index contributed by atoms with van der Waals surface area (Å²) >= 11 is 4.73. The van der Waals surface area contributed by atoms with Crippen molar-refractivity contribution in [1.29, 1.82) is 0 Å². The van der Waals surface area contributed by atoms with Crippen molar-refractivity contribution >= 4 is 27.2 Å². The van der Waals surface area contributed by atoms with Crippen LogP contribution in [-0.4, -0.2) is 48.3 Å². The second-order valence-corrected chi connectivity index (χ2v) is 7.26. The third-order valence-electron chi connectivity index (χ3n) is 2.60. The molecule has 1 fully saturated rings. The minimum Gasteiger partial charge on any atom is -0.392 e. The molecule has 1 aliphatic heterocycles. The third-order valence-corrected chi connectivity index (χ3v) is 5.28. The Morgan fingerprint density at radius 2 is 2.12 bits per heavy atom. The number of hydrogen-bond donors (Lipinski definition) is 1. The van der Waals surface area contributed by atoms with Crippen molar-refractivity contribution < 1.29 is 13.2 Å². The van der Waals surface area contributed by atoms with Crippen molar-refractivity contribution in [1.82, 2.24) is 4.31 Å². The summed E-state index contributed by atoms with van der Waals surface area (Å²) in [5.74, 6) is 0. The van der Waals surface area contributed by atoms with Crippen molar-refractivity contribution in [3.05, 3.63) is 0 Å². The van der Waals surface area contributed by atoms with Gasteiger partial charge in [-0.05, 0) is 20.8 Å². The van der Waals surface area contributed by atoms with Gasteiger partial charge in [-0.15, -0.1) is 0 Å². The van der Waals surface area contributed by atoms with Gasteiger partial charge in [-0.2, -0.15) is 4.31 Å². The highest BCUT2D eigenvalue weighted by Gasteiger charge is 2.37. The molecule has 0 aliphatic carbocycles. The predicted octanol–water partition coefficient (Wildman–Crippen LogP) is 0.102. The highest BCUT2D eigenvalue weighted by Crippen LogP contribution is 2.21. The van der Waals surface area contributed by atoms with Crippen LogP contribution < -0.4 is 5.73 Å². The van der Waals surface area contributed by atoms with Crippen LogP contribution in [0.3, 0.4) is 0 Å². The molecule has 16 heavy (non-hydrogen) atoms. The molecule has 0 amide bonds. The third kappa shape index (κ3) is 2.91. The van der Waals surface area contributed by atoms with Crippen molar-refractivity contribution in [3.8, 4) is 0 Å². The summed E-state index contributed by atoms with van der Waals surface area (Å²) in [5, 5.41) is -0.823. The van der Waals surface area contributed by atoms with Crippen LogP contribution in [0.2, 0.25) is 0 Å². The highest BCUT2D eigenvalue weighted by molar-refractivity contribution is 7.92. The molecule has 7 heteroatoms. The first-order chi connectivity index (χ1) is 7.17. The van der Waals surface area contributed by atoms with Gasteiger partial charge in [0.05, 0.1) is 17.2 Å². The summed E-state index contributed by atoms with van der Waals surface area (Å²) in [7, 11) is -3.45. The fourth-order valence-electron chi connectivity index (χ4n) is 1.56. The monoisotopic (exact) mass is 266 g/mol. The minimum absolute atomic E-state index is 0.00398. The van der Waals surface area contributed by atoms with Gasteiger partial charge in [0.25, 0.3) is 0 Å². The molecule has 1 aliphatic rings. The van der Waals surface area contributed by atoms with Gasteiger partial charge in [-0.3, -0.25) is 0 Å². The molecule has 0 spiro atoms. The number of nitrogens with two attached hydrogens (primary N) is 1. The molecule has 0 saturated carbocycles. The number of sulfonamides is 1. The van der Waals surface area contributed by atoms with Crippen LogP contribution in [0.5, 0.6) is 0 Å². The van der Waals surface area contributed by atoms with Gasteiger partial charge in [-0.1, -0.05) is 12.2 Å². The summed E-state index contributed by atoms with van der Waals surface area (Å²) in [4.78, 5) is 0.00398. The Balaban J connectivity index is 2.88. The smallest absolute Gasteiger partial charge is 0.223 e. The van der Waals surface area contributed by atoms with Crippen LogP contribution in [0.4, 0.5) is 0 Å². The first-order valence-electron chi connectivity index (χ1n) is 5.09. The van der Waals surface area contributed by atoms with Gasteiger partial charge < -0.3 is 10.5 Å². The second-order valence-electron chi connectivity index (χ2n) is 4.53. The van der Waals surface area contributed by atoms with E-state index in [1.807, 2.05) is 13.8 Å². The molecule has 1 rings (SSSR count). The Hall–Kier alpha value is -0.240.